The van der Waals surface area contributed by atoms with E-state index in [9.17, 15) is 4.79 Å². The molecule has 1 heterocycles. The summed E-state index contributed by atoms with van der Waals surface area (Å²) in [6, 6.07) is 7.83. The Bertz CT molecular complexity index is 634. The number of fused-ring (bicyclic) bond motifs is 1. The summed E-state index contributed by atoms with van der Waals surface area (Å²) >= 11 is 3.55. The van der Waals surface area contributed by atoms with Crippen molar-refractivity contribution in [2.75, 3.05) is 5.33 Å². The maximum absolute atomic E-state index is 12.3. The fourth-order valence-electron chi connectivity index (χ4n) is 2.17. The molecule has 0 amide bonds. The molecule has 1 atom stereocenters. The van der Waals surface area contributed by atoms with Gasteiger partial charge in [-0.15, -0.1) is 0 Å². The van der Waals surface area contributed by atoms with Crippen LogP contribution >= 0.6 is 15.9 Å². The number of halogens is 1. The molecule has 0 aliphatic heterocycles. The van der Waals surface area contributed by atoms with Crippen molar-refractivity contribution in [3.05, 3.63) is 40.3 Å². The fourth-order valence-corrected chi connectivity index (χ4v) is 3.13. The number of para-hydroxylation sites is 2. The van der Waals surface area contributed by atoms with Crippen LogP contribution in [0.5, 0.6) is 0 Å². The molecule has 2 aromatic rings. The lowest BCUT2D eigenvalue weighted by molar-refractivity contribution is 0.373. The Hall–Kier alpha value is -1.16. The highest BCUT2D eigenvalue weighted by Crippen LogP contribution is 2.18. The summed E-state index contributed by atoms with van der Waals surface area (Å²) in [7, 11) is 0. The molecule has 102 valence electrons. The van der Waals surface area contributed by atoms with E-state index >= 15 is 0 Å². The van der Waals surface area contributed by atoms with Gasteiger partial charge in [-0.2, -0.15) is 0 Å². The van der Waals surface area contributed by atoms with Gasteiger partial charge >= 0.3 is 0 Å². The Labute approximate surface area is 121 Å². The molecule has 19 heavy (non-hydrogen) atoms. The highest BCUT2D eigenvalue weighted by molar-refractivity contribution is 9.09. The van der Waals surface area contributed by atoms with Crippen molar-refractivity contribution in [1.29, 1.82) is 0 Å². The first-order valence-electron chi connectivity index (χ1n) is 6.56. The molecule has 0 saturated heterocycles. The van der Waals surface area contributed by atoms with Crippen molar-refractivity contribution in [3.63, 3.8) is 0 Å². The summed E-state index contributed by atoms with van der Waals surface area (Å²) in [4.78, 5) is 16.7. The summed E-state index contributed by atoms with van der Waals surface area (Å²) in [6.45, 7) is 6.88. The van der Waals surface area contributed by atoms with Crippen LogP contribution in [0, 0.1) is 18.8 Å². The van der Waals surface area contributed by atoms with Gasteiger partial charge in [0.1, 0.15) is 5.69 Å². The molecule has 2 rings (SSSR count). The van der Waals surface area contributed by atoms with Crippen LogP contribution in [0.25, 0.3) is 11.0 Å². The molecular weight excluding hydrogens is 304 g/mol. The van der Waals surface area contributed by atoms with Crippen LogP contribution in [0.1, 0.15) is 19.5 Å². The third-order valence-corrected chi connectivity index (χ3v) is 4.41. The predicted molar refractivity (Wildman–Crippen MR) is 82.9 cm³/mol. The van der Waals surface area contributed by atoms with E-state index < -0.39 is 0 Å². The molecule has 0 saturated carbocycles. The topological polar surface area (TPSA) is 34.9 Å². The molecule has 0 aliphatic carbocycles. The Kier molecular flexibility index (Phi) is 4.40. The number of hydrogen-bond donors (Lipinski definition) is 0. The normalized spacial score (nSPS) is 13.1. The number of aromatic nitrogens is 2. The van der Waals surface area contributed by atoms with E-state index in [0.717, 1.165) is 22.9 Å². The van der Waals surface area contributed by atoms with Gasteiger partial charge < -0.3 is 4.57 Å². The smallest absolute Gasteiger partial charge is 0.272 e. The molecular formula is C15H19BrN2O. The van der Waals surface area contributed by atoms with E-state index in [-0.39, 0.29) is 5.56 Å². The average molecular weight is 323 g/mol. The van der Waals surface area contributed by atoms with Gasteiger partial charge in [-0.1, -0.05) is 41.9 Å². The van der Waals surface area contributed by atoms with Crippen molar-refractivity contribution in [1.82, 2.24) is 9.55 Å². The van der Waals surface area contributed by atoms with E-state index in [0.29, 0.717) is 17.5 Å². The Morgan fingerprint density at radius 2 is 2.00 bits per heavy atom. The molecule has 0 fully saturated rings. The van der Waals surface area contributed by atoms with Gasteiger partial charge in [0.05, 0.1) is 11.0 Å². The van der Waals surface area contributed by atoms with Crippen LogP contribution in [0.2, 0.25) is 0 Å². The zero-order chi connectivity index (χ0) is 14.0. The number of aryl methyl sites for hydroxylation is 1. The molecule has 1 aromatic heterocycles. The van der Waals surface area contributed by atoms with Crippen molar-refractivity contribution in [2.24, 2.45) is 11.8 Å². The lowest BCUT2D eigenvalue weighted by Crippen LogP contribution is -2.29. The summed E-state index contributed by atoms with van der Waals surface area (Å²) in [5.41, 5.74) is 2.39. The SMILES string of the molecule is Cc1nc2ccccc2n(CC(CBr)C(C)C)c1=O. The minimum atomic E-state index is 0.0188. The molecule has 4 heteroatoms. The number of nitrogens with zero attached hydrogens (tertiary/aromatic N) is 2. The third kappa shape index (κ3) is 2.89. The van der Waals surface area contributed by atoms with E-state index in [4.69, 9.17) is 0 Å². The number of hydrogen-bond acceptors (Lipinski definition) is 2. The van der Waals surface area contributed by atoms with Crippen LogP contribution in [0.4, 0.5) is 0 Å². The van der Waals surface area contributed by atoms with Crippen molar-refractivity contribution >= 4 is 27.0 Å². The zero-order valence-corrected chi connectivity index (χ0v) is 13.1. The highest BCUT2D eigenvalue weighted by Gasteiger charge is 2.16. The highest BCUT2D eigenvalue weighted by atomic mass is 79.9. The predicted octanol–water partition coefficient (Wildman–Crippen LogP) is 3.37. The first-order valence-corrected chi connectivity index (χ1v) is 7.69. The molecule has 0 aliphatic rings. The van der Waals surface area contributed by atoms with E-state index in [1.165, 1.54) is 0 Å². The second kappa shape index (κ2) is 5.87. The minimum absolute atomic E-state index is 0.0188. The second-order valence-electron chi connectivity index (χ2n) is 5.26. The molecule has 0 bridgehead atoms. The average Bonchev–Trinajstić information content (AvgIpc) is 2.39. The summed E-state index contributed by atoms with van der Waals surface area (Å²) in [5.74, 6) is 0.960. The number of benzene rings is 1. The summed E-state index contributed by atoms with van der Waals surface area (Å²) in [5, 5.41) is 0.896. The molecule has 0 N–H and O–H groups in total. The lowest BCUT2D eigenvalue weighted by Gasteiger charge is -2.21. The first-order chi connectivity index (χ1) is 9.04. The molecule has 3 nitrogen and oxygen atoms in total. The van der Waals surface area contributed by atoms with Crippen molar-refractivity contribution < 1.29 is 0 Å². The largest absolute Gasteiger partial charge is 0.305 e. The van der Waals surface area contributed by atoms with E-state index in [1.807, 2.05) is 28.8 Å². The van der Waals surface area contributed by atoms with Gasteiger partial charge in [0.15, 0.2) is 0 Å². The Morgan fingerprint density at radius 1 is 1.32 bits per heavy atom. The molecule has 0 radical (unpaired) electrons. The first kappa shape index (κ1) is 14.3. The van der Waals surface area contributed by atoms with Gasteiger partial charge in [-0.3, -0.25) is 4.79 Å². The summed E-state index contributed by atoms with van der Waals surface area (Å²) < 4.78 is 1.86. The maximum atomic E-state index is 12.3. The minimum Gasteiger partial charge on any atom is -0.305 e. The van der Waals surface area contributed by atoms with Gasteiger partial charge in [-0.05, 0) is 30.9 Å². The third-order valence-electron chi connectivity index (χ3n) is 3.57. The van der Waals surface area contributed by atoms with Crippen LogP contribution in [0.15, 0.2) is 29.1 Å². The monoisotopic (exact) mass is 322 g/mol. The number of rotatable bonds is 4. The van der Waals surface area contributed by atoms with E-state index in [1.54, 1.807) is 6.92 Å². The zero-order valence-electron chi connectivity index (χ0n) is 11.6. The quantitative estimate of drug-likeness (QED) is 0.809. The Balaban J connectivity index is 2.58. The standard InChI is InChI=1S/C15H19BrN2O/c1-10(2)12(8-16)9-18-14-7-5-4-6-13(14)17-11(3)15(18)19/h4-7,10,12H,8-9H2,1-3H3. The lowest BCUT2D eigenvalue weighted by atomic mass is 9.98. The fraction of sp³-hybridized carbons (Fsp3) is 0.467. The number of alkyl halides is 1. The molecule has 1 unspecified atom stereocenters. The second-order valence-corrected chi connectivity index (χ2v) is 5.91. The Morgan fingerprint density at radius 3 is 2.63 bits per heavy atom. The van der Waals surface area contributed by atoms with Crippen LogP contribution < -0.4 is 5.56 Å². The maximum Gasteiger partial charge on any atom is 0.272 e. The van der Waals surface area contributed by atoms with Gasteiger partial charge in [0.25, 0.3) is 5.56 Å². The van der Waals surface area contributed by atoms with Crippen molar-refractivity contribution in [2.45, 2.75) is 27.3 Å². The van der Waals surface area contributed by atoms with Crippen LogP contribution in [-0.2, 0) is 6.54 Å². The summed E-state index contributed by atoms with van der Waals surface area (Å²) in [6.07, 6.45) is 0. The van der Waals surface area contributed by atoms with Crippen LogP contribution in [-0.4, -0.2) is 14.9 Å². The van der Waals surface area contributed by atoms with Gasteiger partial charge in [-0.25, -0.2) is 4.98 Å². The van der Waals surface area contributed by atoms with Crippen LogP contribution in [0.3, 0.4) is 0 Å². The molecule has 1 aromatic carbocycles. The van der Waals surface area contributed by atoms with Gasteiger partial charge in [0.2, 0.25) is 0 Å². The van der Waals surface area contributed by atoms with E-state index in [2.05, 4.69) is 34.8 Å². The van der Waals surface area contributed by atoms with Gasteiger partial charge in [0, 0.05) is 11.9 Å². The van der Waals surface area contributed by atoms with Crippen molar-refractivity contribution in [3.8, 4) is 0 Å². The molecule has 0 spiro atoms.